The molecule has 0 spiro atoms. The summed E-state index contributed by atoms with van der Waals surface area (Å²) in [5.41, 5.74) is 0. The van der Waals surface area contributed by atoms with Gasteiger partial charge in [0.05, 0.1) is 0 Å². The molecule has 0 aliphatic rings. The van der Waals surface area contributed by atoms with Gasteiger partial charge in [0.15, 0.2) is 0 Å². The lowest BCUT2D eigenvalue weighted by Gasteiger charge is -2.14. The zero-order valence-electron chi connectivity index (χ0n) is 12.8. The van der Waals surface area contributed by atoms with Crippen molar-refractivity contribution in [3.05, 3.63) is 0 Å². The molecule has 0 aromatic carbocycles. The fraction of sp³-hybridized carbons (Fsp3) is 0.857. The summed E-state index contributed by atoms with van der Waals surface area (Å²) < 4.78 is 0. The van der Waals surface area contributed by atoms with Gasteiger partial charge in [0.25, 0.3) is 0 Å². The second kappa shape index (κ2) is 12.9. The van der Waals surface area contributed by atoms with E-state index in [2.05, 4.69) is 24.5 Å². The number of rotatable bonds is 12. The van der Waals surface area contributed by atoms with Gasteiger partial charge in [0, 0.05) is 13.1 Å². The van der Waals surface area contributed by atoms with Crippen LogP contribution in [0.4, 0.5) is 0 Å². The van der Waals surface area contributed by atoms with Crippen LogP contribution in [0, 0.1) is 0 Å². The second-order valence-electron chi connectivity index (χ2n) is 4.94. The number of hydroxylamine groups is 2. The first-order valence-electron chi connectivity index (χ1n) is 7.57. The molecule has 118 valence electrons. The summed E-state index contributed by atoms with van der Waals surface area (Å²) in [7, 11) is 0. The third-order valence-electron chi connectivity index (χ3n) is 2.86. The lowest BCUT2D eigenvalue weighted by atomic mass is 10.2. The molecule has 0 radical (unpaired) electrons. The summed E-state index contributed by atoms with van der Waals surface area (Å²) in [4.78, 5) is 22.9. The largest absolute Gasteiger partial charge is 0.355 e. The van der Waals surface area contributed by atoms with E-state index in [0.717, 1.165) is 43.6 Å². The predicted octanol–water partition coefficient (Wildman–Crippen LogP) is 1.29. The number of carbonyl (C=O) groups is 2. The van der Waals surface area contributed by atoms with Crippen LogP contribution >= 0.6 is 0 Å². The number of hydrogen-bond acceptors (Lipinski definition) is 4. The van der Waals surface area contributed by atoms with Gasteiger partial charge in [-0.2, -0.15) is 5.06 Å². The maximum atomic E-state index is 11.5. The maximum Gasteiger partial charge on any atom is 0.236 e. The standard InChI is InChI=1S/C14H29N3O3/c1-3-5-7-9-15-13(18)11-17(20)12-14(19)16-10-8-6-4-2/h20H,3-12H2,1-2H3,(H,15,18)(H,16,19). The van der Waals surface area contributed by atoms with Crippen molar-refractivity contribution < 1.29 is 14.8 Å². The van der Waals surface area contributed by atoms with E-state index >= 15 is 0 Å². The van der Waals surface area contributed by atoms with Crippen molar-refractivity contribution >= 4 is 11.8 Å². The van der Waals surface area contributed by atoms with Crippen LogP contribution in [-0.2, 0) is 9.59 Å². The first-order valence-corrected chi connectivity index (χ1v) is 7.57. The van der Waals surface area contributed by atoms with E-state index in [4.69, 9.17) is 0 Å². The SMILES string of the molecule is CCCCCNC(=O)CN(O)CC(=O)NCCCCC. The molecule has 0 heterocycles. The highest BCUT2D eigenvalue weighted by molar-refractivity contribution is 5.80. The molecular formula is C14H29N3O3. The van der Waals surface area contributed by atoms with Gasteiger partial charge in [-0.05, 0) is 12.8 Å². The van der Waals surface area contributed by atoms with Crippen molar-refractivity contribution in [3.63, 3.8) is 0 Å². The highest BCUT2D eigenvalue weighted by atomic mass is 16.5. The lowest BCUT2D eigenvalue weighted by Crippen LogP contribution is -2.41. The molecule has 20 heavy (non-hydrogen) atoms. The lowest BCUT2D eigenvalue weighted by molar-refractivity contribution is -0.146. The third-order valence-corrected chi connectivity index (χ3v) is 2.86. The molecule has 3 N–H and O–H groups in total. The van der Waals surface area contributed by atoms with Gasteiger partial charge in [-0.15, -0.1) is 0 Å². The minimum Gasteiger partial charge on any atom is -0.355 e. The van der Waals surface area contributed by atoms with Crippen molar-refractivity contribution in [2.45, 2.75) is 52.4 Å². The van der Waals surface area contributed by atoms with Crippen LogP contribution in [0.2, 0.25) is 0 Å². The van der Waals surface area contributed by atoms with Gasteiger partial charge in [0.1, 0.15) is 13.1 Å². The first kappa shape index (κ1) is 18.9. The normalized spacial score (nSPS) is 10.6. The van der Waals surface area contributed by atoms with Crippen molar-refractivity contribution in [2.24, 2.45) is 0 Å². The number of amides is 2. The monoisotopic (exact) mass is 287 g/mol. The van der Waals surface area contributed by atoms with E-state index in [-0.39, 0.29) is 24.9 Å². The fourth-order valence-electron chi connectivity index (χ4n) is 1.70. The number of hydrogen-bond donors (Lipinski definition) is 3. The summed E-state index contributed by atoms with van der Waals surface area (Å²) in [6.07, 6.45) is 6.21. The molecule has 0 rings (SSSR count). The Morgan fingerprint density at radius 3 is 1.60 bits per heavy atom. The van der Waals surface area contributed by atoms with E-state index in [1.165, 1.54) is 0 Å². The molecular weight excluding hydrogens is 258 g/mol. The molecule has 2 amide bonds. The van der Waals surface area contributed by atoms with Crippen LogP contribution < -0.4 is 10.6 Å². The summed E-state index contributed by atoms with van der Waals surface area (Å²) in [6.45, 7) is 5.07. The highest BCUT2D eigenvalue weighted by Crippen LogP contribution is 1.92. The molecule has 6 nitrogen and oxygen atoms in total. The van der Waals surface area contributed by atoms with E-state index < -0.39 is 0 Å². The Labute approximate surface area is 121 Å². The molecule has 0 aromatic rings. The maximum absolute atomic E-state index is 11.5. The van der Waals surface area contributed by atoms with E-state index in [1.54, 1.807) is 0 Å². The van der Waals surface area contributed by atoms with Gasteiger partial charge in [-0.3, -0.25) is 9.59 Å². The highest BCUT2D eigenvalue weighted by Gasteiger charge is 2.11. The minimum absolute atomic E-state index is 0.172. The van der Waals surface area contributed by atoms with Crippen LogP contribution in [0.15, 0.2) is 0 Å². The number of nitrogens with zero attached hydrogens (tertiary/aromatic N) is 1. The summed E-state index contributed by atoms with van der Waals surface area (Å²) in [6, 6.07) is 0. The van der Waals surface area contributed by atoms with E-state index in [1.807, 2.05) is 0 Å². The Morgan fingerprint density at radius 1 is 0.850 bits per heavy atom. The first-order chi connectivity index (χ1) is 9.60. The van der Waals surface area contributed by atoms with Crippen molar-refractivity contribution in [1.82, 2.24) is 15.7 Å². The predicted molar refractivity (Wildman–Crippen MR) is 78.4 cm³/mol. The molecule has 0 aliphatic carbocycles. The van der Waals surface area contributed by atoms with Crippen LogP contribution in [0.1, 0.15) is 52.4 Å². The second-order valence-corrected chi connectivity index (χ2v) is 4.94. The molecule has 0 atom stereocenters. The zero-order chi connectivity index (χ0) is 15.2. The summed E-state index contributed by atoms with van der Waals surface area (Å²) in [5.74, 6) is -0.523. The van der Waals surface area contributed by atoms with Crippen LogP contribution in [0.25, 0.3) is 0 Å². The van der Waals surface area contributed by atoms with Crippen LogP contribution in [0.5, 0.6) is 0 Å². The minimum atomic E-state index is -0.262. The Bertz CT molecular complexity index is 246. The number of unbranched alkanes of at least 4 members (excludes halogenated alkanes) is 4. The molecule has 0 bridgehead atoms. The zero-order valence-corrected chi connectivity index (χ0v) is 12.8. The Hall–Kier alpha value is -1.14. The fourth-order valence-corrected chi connectivity index (χ4v) is 1.70. The number of nitrogens with one attached hydrogen (secondary N) is 2. The molecule has 0 unspecified atom stereocenters. The molecule has 0 saturated heterocycles. The topological polar surface area (TPSA) is 81.7 Å². The summed E-state index contributed by atoms with van der Waals surface area (Å²) >= 11 is 0. The van der Waals surface area contributed by atoms with Crippen LogP contribution in [-0.4, -0.2) is 48.3 Å². The Balaban J connectivity index is 3.61. The van der Waals surface area contributed by atoms with Gasteiger partial charge < -0.3 is 15.8 Å². The van der Waals surface area contributed by atoms with Crippen molar-refractivity contribution in [1.29, 1.82) is 0 Å². The van der Waals surface area contributed by atoms with E-state index in [9.17, 15) is 14.8 Å². The third kappa shape index (κ3) is 11.9. The van der Waals surface area contributed by atoms with Gasteiger partial charge >= 0.3 is 0 Å². The molecule has 6 heteroatoms. The molecule has 0 fully saturated rings. The molecule has 0 saturated carbocycles. The number of carbonyl (C=O) groups excluding carboxylic acids is 2. The Morgan fingerprint density at radius 2 is 1.25 bits per heavy atom. The smallest absolute Gasteiger partial charge is 0.236 e. The molecule has 0 aromatic heterocycles. The van der Waals surface area contributed by atoms with Gasteiger partial charge in [0.2, 0.25) is 11.8 Å². The molecule has 0 aliphatic heterocycles. The van der Waals surface area contributed by atoms with Crippen LogP contribution in [0.3, 0.4) is 0 Å². The quantitative estimate of drug-likeness (QED) is 0.373. The van der Waals surface area contributed by atoms with Gasteiger partial charge in [-0.1, -0.05) is 39.5 Å². The van der Waals surface area contributed by atoms with E-state index in [0.29, 0.717) is 13.1 Å². The summed E-state index contributed by atoms with van der Waals surface area (Å²) in [5, 5.41) is 15.7. The van der Waals surface area contributed by atoms with Crippen molar-refractivity contribution in [3.8, 4) is 0 Å². The Kier molecular flexibility index (Phi) is 12.1. The van der Waals surface area contributed by atoms with Crippen molar-refractivity contribution in [2.75, 3.05) is 26.2 Å². The average molecular weight is 287 g/mol. The average Bonchev–Trinajstić information content (AvgIpc) is 2.39. The van der Waals surface area contributed by atoms with Gasteiger partial charge in [-0.25, -0.2) is 0 Å².